The molecule has 0 spiro atoms. The molecule has 0 aliphatic heterocycles. The summed E-state index contributed by atoms with van der Waals surface area (Å²) < 4.78 is 32.9. The van der Waals surface area contributed by atoms with Crippen LogP contribution in [0.2, 0.25) is 0 Å². The Morgan fingerprint density at radius 1 is 1.58 bits per heavy atom. The molecule has 6 heteroatoms. The van der Waals surface area contributed by atoms with Crippen molar-refractivity contribution >= 4 is 16.1 Å². The largest absolute Gasteiger partial charge is 0.461 e. The molecule has 5 nitrogen and oxygen atoms in total. The van der Waals surface area contributed by atoms with Crippen LogP contribution in [-0.2, 0) is 19.6 Å². The first-order valence-corrected chi connectivity index (χ1v) is 4.81. The Morgan fingerprint density at radius 2 is 2.17 bits per heavy atom. The maximum atomic E-state index is 10.5. The lowest BCUT2D eigenvalue weighted by molar-refractivity contribution is -0.137. The Labute approximate surface area is 70.8 Å². The summed E-state index contributed by atoms with van der Waals surface area (Å²) in [6.45, 7) is 1.30. The van der Waals surface area contributed by atoms with E-state index in [9.17, 15) is 13.2 Å². The fourth-order valence-corrected chi connectivity index (χ4v) is 0.726. The normalized spacial score (nSPS) is 11.8. The monoisotopic (exact) mass is 194 g/mol. The topological polar surface area (TPSA) is 80.7 Å². The van der Waals surface area contributed by atoms with Crippen LogP contribution in [0.4, 0.5) is 0 Å². The fourth-order valence-electron chi connectivity index (χ4n) is 0.432. The molecule has 0 aromatic carbocycles. The minimum Gasteiger partial charge on any atom is -0.461 e. The first-order chi connectivity index (χ1) is 5.45. The Morgan fingerprint density at radius 3 is 2.58 bits per heavy atom. The average Bonchev–Trinajstić information content (AvgIpc) is 1.84. The zero-order chi connectivity index (χ0) is 9.61. The molecule has 0 heterocycles. The van der Waals surface area contributed by atoms with Crippen molar-refractivity contribution in [1.82, 2.24) is 0 Å². The highest BCUT2D eigenvalue weighted by molar-refractivity contribution is 7.85. The Hall–Kier alpha value is -0.880. The van der Waals surface area contributed by atoms with Gasteiger partial charge in [-0.3, -0.25) is 4.55 Å². The summed E-state index contributed by atoms with van der Waals surface area (Å²) in [7, 11) is -4.04. The maximum absolute atomic E-state index is 10.5. The second-order valence-electron chi connectivity index (χ2n) is 1.95. The van der Waals surface area contributed by atoms with Crippen molar-refractivity contribution in [2.45, 2.75) is 6.92 Å². The predicted molar refractivity (Wildman–Crippen MR) is 42.2 cm³/mol. The standard InChI is InChI=1S/C6H10O5S/c1-2-3-6(7)11-4-5-12(8,9)10/h2-3H,4-5H2,1H3,(H,8,9,10). The van der Waals surface area contributed by atoms with Crippen molar-refractivity contribution < 1.29 is 22.5 Å². The number of carbonyl (C=O) groups excluding carboxylic acids is 1. The number of ether oxygens (including phenoxy) is 1. The van der Waals surface area contributed by atoms with Gasteiger partial charge in [0.1, 0.15) is 12.4 Å². The van der Waals surface area contributed by atoms with Gasteiger partial charge in [-0.05, 0) is 6.92 Å². The number of hydrogen-bond donors (Lipinski definition) is 1. The molecule has 0 rings (SSSR count). The van der Waals surface area contributed by atoms with E-state index in [0.29, 0.717) is 0 Å². The van der Waals surface area contributed by atoms with Crippen LogP contribution in [0.1, 0.15) is 6.92 Å². The van der Waals surface area contributed by atoms with E-state index in [0.717, 1.165) is 6.08 Å². The summed E-state index contributed by atoms with van der Waals surface area (Å²) in [5.41, 5.74) is 0. The molecule has 0 saturated carbocycles. The SMILES string of the molecule is CC=CC(=O)OCCS(=O)(=O)O. The highest BCUT2D eigenvalue weighted by Gasteiger charge is 2.05. The van der Waals surface area contributed by atoms with Crippen LogP contribution in [-0.4, -0.2) is 31.3 Å². The van der Waals surface area contributed by atoms with Gasteiger partial charge >= 0.3 is 5.97 Å². The number of carbonyl (C=O) groups is 1. The zero-order valence-electron chi connectivity index (χ0n) is 6.56. The van der Waals surface area contributed by atoms with Crippen molar-refractivity contribution in [3.05, 3.63) is 12.2 Å². The van der Waals surface area contributed by atoms with Crippen LogP contribution in [0.3, 0.4) is 0 Å². The van der Waals surface area contributed by atoms with E-state index < -0.39 is 21.8 Å². The van der Waals surface area contributed by atoms with Crippen molar-refractivity contribution in [3.63, 3.8) is 0 Å². The van der Waals surface area contributed by atoms with Crippen molar-refractivity contribution in [3.8, 4) is 0 Å². The molecule has 0 radical (unpaired) electrons. The third kappa shape index (κ3) is 7.23. The number of allylic oxidation sites excluding steroid dienone is 1. The van der Waals surface area contributed by atoms with E-state index >= 15 is 0 Å². The van der Waals surface area contributed by atoms with E-state index in [2.05, 4.69) is 4.74 Å². The van der Waals surface area contributed by atoms with Gasteiger partial charge in [-0.2, -0.15) is 8.42 Å². The van der Waals surface area contributed by atoms with E-state index in [-0.39, 0.29) is 6.61 Å². The van der Waals surface area contributed by atoms with Crippen molar-refractivity contribution in [2.75, 3.05) is 12.4 Å². The minimum atomic E-state index is -4.04. The van der Waals surface area contributed by atoms with Gasteiger partial charge in [0.2, 0.25) is 0 Å². The van der Waals surface area contributed by atoms with Gasteiger partial charge < -0.3 is 4.74 Å². The molecule has 0 bridgehead atoms. The lowest BCUT2D eigenvalue weighted by Crippen LogP contribution is -2.13. The minimum absolute atomic E-state index is 0.331. The van der Waals surface area contributed by atoms with Gasteiger partial charge in [-0.1, -0.05) is 6.08 Å². The lowest BCUT2D eigenvalue weighted by Gasteiger charge is -1.98. The molecule has 0 aromatic heterocycles. The summed E-state index contributed by atoms with van der Waals surface area (Å²) in [5, 5.41) is 0. The van der Waals surface area contributed by atoms with Crippen LogP contribution >= 0.6 is 0 Å². The summed E-state index contributed by atoms with van der Waals surface area (Å²) >= 11 is 0. The van der Waals surface area contributed by atoms with E-state index in [4.69, 9.17) is 4.55 Å². The zero-order valence-corrected chi connectivity index (χ0v) is 7.37. The summed E-state index contributed by atoms with van der Waals surface area (Å²) in [4.78, 5) is 10.5. The third-order valence-electron chi connectivity index (χ3n) is 0.888. The number of rotatable bonds is 4. The smallest absolute Gasteiger partial charge is 0.330 e. The summed E-state index contributed by atoms with van der Waals surface area (Å²) in [6, 6.07) is 0. The van der Waals surface area contributed by atoms with Crippen LogP contribution in [0, 0.1) is 0 Å². The second kappa shape index (κ2) is 4.89. The Kier molecular flexibility index (Phi) is 4.53. The second-order valence-corrected chi connectivity index (χ2v) is 3.53. The van der Waals surface area contributed by atoms with Gasteiger partial charge in [0.15, 0.2) is 0 Å². The molecule has 0 aliphatic carbocycles. The molecule has 0 atom stereocenters. The van der Waals surface area contributed by atoms with Crippen molar-refractivity contribution in [2.24, 2.45) is 0 Å². The molecule has 70 valence electrons. The average molecular weight is 194 g/mol. The number of esters is 1. The molecule has 1 N–H and O–H groups in total. The lowest BCUT2D eigenvalue weighted by atomic mass is 10.5. The van der Waals surface area contributed by atoms with E-state index in [1.54, 1.807) is 6.92 Å². The van der Waals surface area contributed by atoms with Gasteiger partial charge in [-0.15, -0.1) is 0 Å². The highest BCUT2D eigenvalue weighted by Crippen LogP contribution is 1.85. The number of hydrogen-bond acceptors (Lipinski definition) is 4. The van der Waals surface area contributed by atoms with Gasteiger partial charge in [0.25, 0.3) is 10.1 Å². The summed E-state index contributed by atoms with van der Waals surface area (Å²) in [5.74, 6) is -1.20. The molecule has 12 heavy (non-hydrogen) atoms. The molecule has 0 aromatic rings. The third-order valence-corrected chi connectivity index (χ3v) is 1.57. The molecule has 0 fully saturated rings. The fraction of sp³-hybridized carbons (Fsp3) is 0.500. The van der Waals surface area contributed by atoms with E-state index in [1.807, 2.05) is 0 Å². The molecule has 0 saturated heterocycles. The van der Waals surface area contributed by atoms with Crippen molar-refractivity contribution in [1.29, 1.82) is 0 Å². The first-order valence-electron chi connectivity index (χ1n) is 3.20. The predicted octanol–water partition coefficient (Wildman–Crippen LogP) is -0.00650. The molecular formula is C6H10O5S. The van der Waals surface area contributed by atoms with Crippen LogP contribution in [0.25, 0.3) is 0 Å². The first kappa shape index (κ1) is 11.1. The van der Waals surface area contributed by atoms with Gasteiger partial charge in [0, 0.05) is 6.08 Å². The Bertz CT molecular complexity index is 264. The highest BCUT2D eigenvalue weighted by atomic mass is 32.2. The molecule has 0 aliphatic rings. The van der Waals surface area contributed by atoms with Crippen LogP contribution in [0.5, 0.6) is 0 Å². The van der Waals surface area contributed by atoms with Gasteiger partial charge in [-0.25, -0.2) is 4.79 Å². The molecule has 0 unspecified atom stereocenters. The van der Waals surface area contributed by atoms with Gasteiger partial charge in [0.05, 0.1) is 0 Å². The molecule has 0 amide bonds. The molecular weight excluding hydrogens is 184 g/mol. The van der Waals surface area contributed by atoms with Crippen LogP contribution < -0.4 is 0 Å². The maximum Gasteiger partial charge on any atom is 0.330 e. The van der Waals surface area contributed by atoms with E-state index in [1.165, 1.54) is 6.08 Å². The Balaban J connectivity index is 3.65. The summed E-state index contributed by atoms with van der Waals surface area (Å²) in [6.07, 6.45) is 2.62. The quantitative estimate of drug-likeness (QED) is 0.387. The van der Waals surface area contributed by atoms with Crippen LogP contribution in [0.15, 0.2) is 12.2 Å².